The van der Waals surface area contributed by atoms with Crippen LogP contribution in [0.1, 0.15) is 58.3 Å². The highest BCUT2D eigenvalue weighted by atomic mass is 32.3. The van der Waals surface area contributed by atoms with Crippen molar-refractivity contribution in [3.05, 3.63) is 12.2 Å². The van der Waals surface area contributed by atoms with Crippen molar-refractivity contribution in [2.24, 2.45) is 5.90 Å². The lowest BCUT2D eigenvalue weighted by molar-refractivity contribution is 0.166. The Labute approximate surface area is 111 Å². The van der Waals surface area contributed by atoms with Crippen LogP contribution in [0.25, 0.3) is 0 Å². The van der Waals surface area contributed by atoms with E-state index in [1.807, 2.05) is 6.08 Å². The lowest BCUT2D eigenvalue weighted by Gasteiger charge is -1.98. The van der Waals surface area contributed by atoms with Crippen LogP contribution < -0.4 is 5.90 Å². The van der Waals surface area contributed by atoms with Gasteiger partial charge in [0.2, 0.25) is 0 Å². The molecule has 107 valence electrons. The Bertz CT molecular complexity index is 258. The van der Waals surface area contributed by atoms with Crippen molar-refractivity contribution in [1.29, 1.82) is 0 Å². The van der Waals surface area contributed by atoms with Crippen molar-refractivity contribution < 1.29 is 17.2 Å². The highest BCUT2D eigenvalue weighted by Crippen LogP contribution is 2.08. The maximum Gasteiger partial charge on any atom is 0.564 e. The number of hydrogen-bond donors (Lipinski definition) is 1. The van der Waals surface area contributed by atoms with Gasteiger partial charge in [0.05, 0.1) is 0 Å². The van der Waals surface area contributed by atoms with Gasteiger partial charge in [-0.3, -0.25) is 0 Å². The summed E-state index contributed by atoms with van der Waals surface area (Å²) in [5.41, 5.74) is 0. The van der Waals surface area contributed by atoms with Gasteiger partial charge in [-0.05, 0) is 17.1 Å². The fraction of sp³-hybridized carbons (Fsp3) is 0.833. The standard InChI is InChI=1S/C12H25NO4S/c1-2-3-4-5-6-7-8-9-10-11-12-16-18(14,15)17-13/h10-11H,2-9,12-13H2,1H3/q+1/b11-10+. The first-order chi connectivity index (χ1) is 8.62. The van der Waals surface area contributed by atoms with E-state index in [4.69, 9.17) is 0 Å². The first kappa shape index (κ1) is 17.7. The summed E-state index contributed by atoms with van der Waals surface area (Å²) in [6, 6.07) is 0. The first-order valence-electron chi connectivity index (χ1n) is 6.55. The molecule has 5 nitrogen and oxygen atoms in total. The molecule has 2 N–H and O–H groups in total. The van der Waals surface area contributed by atoms with Crippen LogP contribution in [-0.2, 0) is 28.0 Å². The van der Waals surface area contributed by atoms with Crippen LogP contribution in [0.4, 0.5) is 0 Å². The van der Waals surface area contributed by atoms with E-state index in [-0.39, 0.29) is 6.61 Å². The second-order valence-electron chi connectivity index (χ2n) is 4.17. The van der Waals surface area contributed by atoms with Gasteiger partial charge in [-0.25, -0.2) is 0 Å². The second kappa shape index (κ2) is 11.8. The van der Waals surface area contributed by atoms with Crippen molar-refractivity contribution in [2.45, 2.75) is 58.3 Å². The molecule has 0 aliphatic rings. The van der Waals surface area contributed by atoms with Gasteiger partial charge in [0, 0.05) is 4.21 Å². The molecule has 0 aromatic heterocycles. The van der Waals surface area contributed by atoms with Gasteiger partial charge >= 0.3 is 10.8 Å². The van der Waals surface area contributed by atoms with E-state index >= 15 is 0 Å². The number of hydrogen-bond acceptors (Lipinski definition) is 4. The Balaban J connectivity index is 3.26. The van der Waals surface area contributed by atoms with Crippen LogP contribution in [0.2, 0.25) is 0 Å². The molecule has 0 saturated carbocycles. The van der Waals surface area contributed by atoms with Gasteiger partial charge in [-0.1, -0.05) is 57.6 Å². The van der Waals surface area contributed by atoms with Crippen molar-refractivity contribution >= 4 is 10.8 Å². The molecule has 1 radical (unpaired) electrons. The highest BCUT2D eigenvalue weighted by Gasteiger charge is 2.31. The first-order valence-corrected chi connectivity index (χ1v) is 7.88. The molecule has 6 heteroatoms. The van der Waals surface area contributed by atoms with Crippen LogP contribution in [-0.4, -0.2) is 6.61 Å². The maximum absolute atomic E-state index is 10.7. The van der Waals surface area contributed by atoms with E-state index < -0.39 is 10.8 Å². The topological polar surface area (TPSA) is 81.5 Å². The van der Waals surface area contributed by atoms with Gasteiger partial charge in [0.1, 0.15) is 11.2 Å². The van der Waals surface area contributed by atoms with Crippen LogP contribution in [0.15, 0.2) is 12.2 Å². The third kappa shape index (κ3) is 12.2. The highest BCUT2D eigenvalue weighted by molar-refractivity contribution is 7.88. The number of unbranched alkanes of at least 4 members (excludes halogenated alkanes) is 7. The maximum atomic E-state index is 10.7. The van der Waals surface area contributed by atoms with Gasteiger partial charge in [0.25, 0.3) is 0 Å². The minimum atomic E-state index is -4.00. The molecule has 0 amide bonds. The summed E-state index contributed by atoms with van der Waals surface area (Å²) >= 11 is 0. The molecule has 1 atom stereocenters. The van der Waals surface area contributed by atoms with Crippen LogP contribution in [0.3, 0.4) is 0 Å². The summed E-state index contributed by atoms with van der Waals surface area (Å²) in [6.07, 6.45) is 13.4. The Morgan fingerprint density at radius 2 is 1.67 bits per heavy atom. The fourth-order valence-electron chi connectivity index (χ4n) is 1.56. The quantitative estimate of drug-likeness (QED) is 0.257. The van der Waals surface area contributed by atoms with E-state index in [1.54, 1.807) is 6.08 Å². The Morgan fingerprint density at radius 1 is 1.06 bits per heavy atom. The third-order valence-corrected chi connectivity index (χ3v) is 3.23. The van der Waals surface area contributed by atoms with Crippen molar-refractivity contribution in [2.75, 3.05) is 6.61 Å². The molecule has 0 aliphatic heterocycles. The normalized spacial score (nSPS) is 15.1. The van der Waals surface area contributed by atoms with Gasteiger partial charge in [0.15, 0.2) is 0 Å². The molecule has 0 saturated heterocycles. The zero-order valence-electron chi connectivity index (χ0n) is 11.1. The summed E-state index contributed by atoms with van der Waals surface area (Å²) in [5.74, 6) is 4.50. The van der Waals surface area contributed by atoms with Crippen LogP contribution >= 0.6 is 0 Å². The molecule has 0 bridgehead atoms. The minimum Gasteiger partial charge on any atom is -0.158 e. The Hall–Kier alpha value is -0.270. The van der Waals surface area contributed by atoms with E-state index in [1.165, 1.54) is 38.5 Å². The second-order valence-corrected chi connectivity index (χ2v) is 5.42. The molecule has 0 fully saturated rings. The summed E-state index contributed by atoms with van der Waals surface area (Å²) in [7, 11) is -4.00. The molecular weight excluding hydrogens is 254 g/mol. The van der Waals surface area contributed by atoms with Gasteiger partial charge in [-0.15, -0.1) is 4.18 Å². The van der Waals surface area contributed by atoms with Crippen LogP contribution in [0.5, 0.6) is 0 Å². The SMILES string of the molecule is CCCCCCCCC/C=C/CO[S+]([O])(=O)ON. The lowest BCUT2D eigenvalue weighted by Crippen LogP contribution is -2.19. The largest absolute Gasteiger partial charge is 0.564 e. The summed E-state index contributed by atoms with van der Waals surface area (Å²) < 4.78 is 29.3. The van der Waals surface area contributed by atoms with Gasteiger partial charge < -0.3 is 0 Å². The van der Waals surface area contributed by atoms with Crippen molar-refractivity contribution in [3.8, 4) is 0 Å². The van der Waals surface area contributed by atoms with Crippen LogP contribution in [0, 0.1) is 0 Å². The smallest absolute Gasteiger partial charge is 0.158 e. The predicted octanol–water partition coefficient (Wildman–Crippen LogP) is 3.27. The summed E-state index contributed by atoms with van der Waals surface area (Å²) in [4.78, 5) is 0. The lowest BCUT2D eigenvalue weighted by atomic mass is 10.1. The Morgan fingerprint density at radius 3 is 2.28 bits per heavy atom. The van der Waals surface area contributed by atoms with Gasteiger partial charge in [-0.2, -0.15) is 5.90 Å². The third-order valence-electron chi connectivity index (χ3n) is 2.57. The molecule has 0 aromatic rings. The zero-order chi connectivity index (χ0) is 13.7. The molecule has 0 heterocycles. The minimum absolute atomic E-state index is 0.0317. The molecular formula is C12H25NO4S+. The zero-order valence-corrected chi connectivity index (χ0v) is 12.0. The summed E-state index contributed by atoms with van der Waals surface area (Å²) in [6.45, 7) is 2.18. The monoisotopic (exact) mass is 279 g/mol. The number of nitrogens with two attached hydrogens (primary N) is 1. The molecule has 1 unspecified atom stereocenters. The number of rotatable bonds is 12. The number of allylic oxidation sites excluding steroid dienone is 1. The Kier molecular flexibility index (Phi) is 11.6. The van der Waals surface area contributed by atoms with Crippen molar-refractivity contribution in [3.63, 3.8) is 0 Å². The van der Waals surface area contributed by atoms with E-state index in [9.17, 15) is 8.76 Å². The summed E-state index contributed by atoms with van der Waals surface area (Å²) in [5, 5.41) is 0. The predicted molar refractivity (Wildman–Crippen MR) is 71.7 cm³/mol. The van der Waals surface area contributed by atoms with E-state index in [0.29, 0.717) is 0 Å². The average Bonchev–Trinajstić information content (AvgIpc) is 2.36. The molecule has 18 heavy (non-hydrogen) atoms. The average molecular weight is 279 g/mol. The van der Waals surface area contributed by atoms with E-state index in [0.717, 1.165) is 12.8 Å². The van der Waals surface area contributed by atoms with E-state index in [2.05, 4.69) is 21.3 Å². The molecule has 0 rings (SSSR count). The fourth-order valence-corrected chi connectivity index (χ4v) is 1.86. The molecule has 0 aliphatic carbocycles. The molecule has 0 aromatic carbocycles. The van der Waals surface area contributed by atoms with Crippen molar-refractivity contribution in [1.82, 2.24) is 0 Å². The molecule has 0 spiro atoms.